The highest BCUT2D eigenvalue weighted by atomic mass is 16.6. The van der Waals surface area contributed by atoms with Gasteiger partial charge in [-0.05, 0) is 38.0 Å². The fourth-order valence-electron chi connectivity index (χ4n) is 3.43. The molecule has 0 unspecified atom stereocenters. The zero-order valence-electron chi connectivity index (χ0n) is 19.4. The average Bonchev–Trinajstić information content (AvgIpc) is 3.14. The van der Waals surface area contributed by atoms with Gasteiger partial charge in [-0.1, -0.05) is 12.1 Å². The van der Waals surface area contributed by atoms with Crippen LogP contribution in [0.25, 0.3) is 0 Å². The maximum Gasteiger partial charge on any atom is 0.409 e. The molecule has 1 amide bonds. The van der Waals surface area contributed by atoms with Gasteiger partial charge in [0, 0.05) is 39.8 Å². The molecule has 0 saturated carbocycles. The first-order valence-corrected chi connectivity index (χ1v) is 10.9. The Morgan fingerprint density at radius 1 is 1.12 bits per heavy atom. The molecule has 1 N–H and O–H groups in total. The number of amides is 1. The average molecular weight is 444 g/mol. The first kappa shape index (κ1) is 23.4. The summed E-state index contributed by atoms with van der Waals surface area (Å²) in [5, 5.41) is 11.8. The second-order valence-corrected chi connectivity index (χ2v) is 7.56. The minimum Gasteiger partial charge on any atom is -0.497 e. The van der Waals surface area contributed by atoms with Crippen molar-refractivity contribution in [2.45, 2.75) is 26.8 Å². The van der Waals surface area contributed by atoms with Crippen molar-refractivity contribution in [1.29, 1.82) is 0 Å². The number of guanidine groups is 1. The van der Waals surface area contributed by atoms with Crippen LogP contribution < -0.4 is 10.1 Å². The molecular weight excluding hydrogens is 410 g/mol. The van der Waals surface area contributed by atoms with Gasteiger partial charge in [0.1, 0.15) is 18.1 Å². The molecule has 1 aliphatic heterocycles. The van der Waals surface area contributed by atoms with Gasteiger partial charge in [-0.15, -0.1) is 10.2 Å². The van der Waals surface area contributed by atoms with Crippen LogP contribution in [0.4, 0.5) is 4.79 Å². The highest BCUT2D eigenvalue weighted by Crippen LogP contribution is 2.11. The Morgan fingerprint density at radius 3 is 2.41 bits per heavy atom. The topological polar surface area (TPSA) is 97.1 Å². The van der Waals surface area contributed by atoms with Crippen LogP contribution in [0.15, 0.2) is 29.3 Å². The molecule has 1 fully saturated rings. The molecular formula is C22H33N7O3. The van der Waals surface area contributed by atoms with E-state index in [4.69, 9.17) is 14.5 Å². The summed E-state index contributed by atoms with van der Waals surface area (Å²) in [5.41, 5.74) is 1.22. The molecule has 0 atom stereocenters. The van der Waals surface area contributed by atoms with Gasteiger partial charge in [0.05, 0.1) is 13.7 Å². The third-order valence-corrected chi connectivity index (χ3v) is 5.51. The summed E-state index contributed by atoms with van der Waals surface area (Å²) >= 11 is 0. The first-order valence-electron chi connectivity index (χ1n) is 10.9. The summed E-state index contributed by atoms with van der Waals surface area (Å²) in [6.45, 7) is 7.86. The molecule has 0 spiro atoms. The number of rotatable bonds is 7. The highest BCUT2D eigenvalue weighted by Gasteiger charge is 2.24. The minimum absolute atomic E-state index is 0.257. The number of nitrogens with zero attached hydrogens (tertiary/aromatic N) is 6. The van der Waals surface area contributed by atoms with Gasteiger partial charge in [0.2, 0.25) is 0 Å². The zero-order valence-corrected chi connectivity index (χ0v) is 19.4. The smallest absolute Gasteiger partial charge is 0.409 e. The van der Waals surface area contributed by atoms with Crippen molar-refractivity contribution in [3.63, 3.8) is 0 Å². The van der Waals surface area contributed by atoms with Crippen molar-refractivity contribution in [3.8, 4) is 5.75 Å². The number of methoxy groups -OCH3 is 1. The lowest BCUT2D eigenvalue weighted by molar-refractivity contribution is 0.0914. The molecule has 0 bridgehead atoms. The molecule has 0 radical (unpaired) electrons. The number of hydrogen-bond acceptors (Lipinski definition) is 6. The number of carbonyl (C=O) groups excluding carboxylic acids is 1. The maximum absolute atomic E-state index is 12.0. The van der Waals surface area contributed by atoms with Crippen molar-refractivity contribution >= 4 is 12.1 Å². The lowest BCUT2D eigenvalue weighted by atomic mass is 10.1. The van der Waals surface area contributed by atoms with Crippen LogP contribution in [-0.2, 0) is 24.8 Å². The number of nitrogens with one attached hydrogen (secondary N) is 1. The second kappa shape index (κ2) is 11.4. The summed E-state index contributed by atoms with van der Waals surface area (Å²) < 4.78 is 12.3. The summed E-state index contributed by atoms with van der Waals surface area (Å²) in [7, 11) is 3.61. The van der Waals surface area contributed by atoms with E-state index in [0.29, 0.717) is 39.3 Å². The normalized spacial score (nSPS) is 14.4. The molecule has 1 saturated heterocycles. The molecule has 10 nitrogen and oxygen atoms in total. The maximum atomic E-state index is 12.0. The Labute approximate surface area is 189 Å². The summed E-state index contributed by atoms with van der Waals surface area (Å²) in [5.74, 6) is 3.32. The highest BCUT2D eigenvalue weighted by molar-refractivity contribution is 5.80. The molecule has 0 aliphatic carbocycles. The standard InChI is InChI=1S/C22H33N7O3/c1-5-32-22(30)29-14-12-28(13-15-29)21(24-16-20-26-25-17(2)27(20)3)23-11-10-18-6-8-19(31-4)9-7-18/h6-9H,5,10-16H2,1-4H3,(H,23,24). The lowest BCUT2D eigenvalue weighted by Crippen LogP contribution is -2.54. The molecule has 1 aromatic heterocycles. The minimum atomic E-state index is -0.257. The molecule has 174 valence electrons. The molecule has 1 aliphatic rings. The van der Waals surface area contributed by atoms with Crippen molar-refractivity contribution < 1.29 is 14.3 Å². The molecule has 2 aromatic rings. The van der Waals surface area contributed by atoms with E-state index in [1.165, 1.54) is 5.56 Å². The van der Waals surface area contributed by atoms with E-state index in [2.05, 4.69) is 32.5 Å². The number of aliphatic imine (C=N–C) groups is 1. The van der Waals surface area contributed by atoms with Gasteiger partial charge in [-0.3, -0.25) is 0 Å². The van der Waals surface area contributed by atoms with Crippen molar-refractivity contribution in [2.24, 2.45) is 12.0 Å². The van der Waals surface area contributed by atoms with E-state index in [1.54, 1.807) is 12.0 Å². The van der Waals surface area contributed by atoms with E-state index in [0.717, 1.165) is 36.3 Å². The molecule has 1 aromatic carbocycles. The van der Waals surface area contributed by atoms with Crippen LogP contribution >= 0.6 is 0 Å². The van der Waals surface area contributed by atoms with Gasteiger partial charge in [-0.2, -0.15) is 0 Å². The van der Waals surface area contributed by atoms with Crippen molar-refractivity contribution in [1.82, 2.24) is 29.9 Å². The summed E-state index contributed by atoms with van der Waals surface area (Å²) in [6, 6.07) is 8.07. The fraction of sp³-hybridized carbons (Fsp3) is 0.545. The zero-order chi connectivity index (χ0) is 22.9. The first-order chi connectivity index (χ1) is 15.5. The van der Waals surface area contributed by atoms with Gasteiger partial charge in [-0.25, -0.2) is 9.79 Å². The van der Waals surface area contributed by atoms with Crippen molar-refractivity contribution in [3.05, 3.63) is 41.5 Å². The quantitative estimate of drug-likeness (QED) is 0.513. The number of benzene rings is 1. The van der Waals surface area contributed by atoms with E-state index in [-0.39, 0.29) is 6.09 Å². The predicted octanol–water partition coefficient (Wildman–Crippen LogP) is 1.59. The Bertz CT molecular complexity index is 903. The van der Waals surface area contributed by atoms with Crippen LogP contribution in [-0.4, -0.2) is 83.1 Å². The van der Waals surface area contributed by atoms with E-state index in [9.17, 15) is 4.79 Å². The molecule has 10 heteroatoms. The van der Waals surface area contributed by atoms with Crippen LogP contribution in [0.3, 0.4) is 0 Å². The van der Waals surface area contributed by atoms with Crippen molar-refractivity contribution in [2.75, 3.05) is 46.4 Å². The summed E-state index contributed by atoms with van der Waals surface area (Å²) in [4.78, 5) is 20.7. The van der Waals surface area contributed by atoms with Gasteiger partial charge in [0.25, 0.3) is 0 Å². The third-order valence-electron chi connectivity index (χ3n) is 5.51. The Balaban J connectivity index is 1.63. The third kappa shape index (κ3) is 6.12. The Morgan fingerprint density at radius 2 is 1.81 bits per heavy atom. The number of piperazine rings is 1. The van der Waals surface area contributed by atoms with Crippen LogP contribution in [0.1, 0.15) is 24.1 Å². The van der Waals surface area contributed by atoms with Gasteiger partial charge in [0.15, 0.2) is 11.8 Å². The largest absolute Gasteiger partial charge is 0.497 e. The Kier molecular flexibility index (Phi) is 8.29. The van der Waals surface area contributed by atoms with E-state index >= 15 is 0 Å². The summed E-state index contributed by atoms with van der Waals surface area (Å²) in [6.07, 6.45) is 0.599. The molecule has 32 heavy (non-hydrogen) atoms. The number of hydrogen-bond donors (Lipinski definition) is 1. The monoisotopic (exact) mass is 443 g/mol. The molecule has 3 rings (SSSR count). The number of carbonyl (C=O) groups is 1. The van der Waals surface area contributed by atoms with E-state index in [1.807, 2.05) is 37.6 Å². The van der Waals surface area contributed by atoms with Gasteiger partial charge >= 0.3 is 6.09 Å². The van der Waals surface area contributed by atoms with Crippen LogP contribution in [0.2, 0.25) is 0 Å². The van der Waals surface area contributed by atoms with Crippen LogP contribution in [0.5, 0.6) is 5.75 Å². The number of ether oxygens (including phenoxy) is 2. The van der Waals surface area contributed by atoms with E-state index < -0.39 is 0 Å². The predicted molar refractivity (Wildman–Crippen MR) is 122 cm³/mol. The second-order valence-electron chi connectivity index (χ2n) is 7.56. The van der Waals surface area contributed by atoms with Gasteiger partial charge < -0.3 is 29.2 Å². The number of aryl methyl sites for hydroxylation is 1. The SMILES string of the molecule is CCOC(=O)N1CCN(C(=NCc2nnc(C)n2C)NCCc2ccc(OC)cc2)CC1. The lowest BCUT2D eigenvalue weighted by Gasteiger charge is -2.36. The Hall–Kier alpha value is -3.30. The number of aromatic nitrogens is 3. The fourth-order valence-corrected chi connectivity index (χ4v) is 3.43. The molecule has 2 heterocycles. The van der Waals surface area contributed by atoms with Crippen LogP contribution in [0, 0.1) is 6.92 Å².